The second kappa shape index (κ2) is 5.57. The second-order valence-electron chi connectivity index (χ2n) is 6.13. The maximum absolute atomic E-state index is 11.6. The van der Waals surface area contributed by atoms with Gasteiger partial charge >= 0.3 is 5.97 Å². The van der Waals surface area contributed by atoms with Crippen molar-refractivity contribution in [3.8, 4) is 0 Å². The van der Waals surface area contributed by atoms with Crippen molar-refractivity contribution < 1.29 is 9.53 Å². The molecule has 1 N–H and O–H groups in total. The summed E-state index contributed by atoms with van der Waals surface area (Å²) in [5.74, 6) is 0.733. The molecular weight excluding hydrogens is 250 g/mol. The largest absolute Gasteiger partial charge is 0.466 e. The molecule has 2 aliphatic carbocycles. The molecule has 2 aliphatic rings. The van der Waals surface area contributed by atoms with Crippen LogP contribution in [0.15, 0.2) is 24.3 Å². The highest BCUT2D eigenvalue weighted by Gasteiger charge is 2.44. The molecule has 3 heteroatoms. The van der Waals surface area contributed by atoms with Gasteiger partial charge in [0.15, 0.2) is 0 Å². The summed E-state index contributed by atoms with van der Waals surface area (Å²) in [6.07, 6.45) is 5.35. The van der Waals surface area contributed by atoms with E-state index in [1.165, 1.54) is 24.0 Å². The maximum Gasteiger partial charge on any atom is 0.307 e. The fraction of sp³-hybridized carbons (Fsp3) is 0.588. The minimum Gasteiger partial charge on any atom is -0.466 e. The summed E-state index contributed by atoms with van der Waals surface area (Å²) in [4.78, 5) is 11.6. The third kappa shape index (κ3) is 3.40. The van der Waals surface area contributed by atoms with E-state index >= 15 is 0 Å². The molecule has 3 nitrogen and oxygen atoms in total. The van der Waals surface area contributed by atoms with Crippen LogP contribution in [-0.2, 0) is 16.1 Å². The standard InChI is InChI=1S/C17H23NO2/c1-2-20-16(19)11-17(9-10-17)18-12-13-3-5-14(6-4-13)15-7-8-15/h3-6,15,18H,2,7-12H2,1H3. The van der Waals surface area contributed by atoms with E-state index in [-0.39, 0.29) is 11.5 Å². The quantitative estimate of drug-likeness (QED) is 0.776. The predicted molar refractivity (Wildman–Crippen MR) is 78.5 cm³/mol. The normalized spacial score (nSPS) is 19.6. The van der Waals surface area contributed by atoms with Crippen molar-refractivity contribution in [2.24, 2.45) is 0 Å². The Kier molecular flexibility index (Phi) is 3.79. The Morgan fingerprint density at radius 1 is 1.30 bits per heavy atom. The lowest BCUT2D eigenvalue weighted by atomic mass is 10.1. The molecule has 0 spiro atoms. The highest BCUT2D eigenvalue weighted by Crippen LogP contribution is 2.40. The lowest BCUT2D eigenvalue weighted by Crippen LogP contribution is -2.33. The molecule has 1 aromatic carbocycles. The van der Waals surface area contributed by atoms with E-state index in [4.69, 9.17) is 4.74 Å². The van der Waals surface area contributed by atoms with Crippen LogP contribution in [0.5, 0.6) is 0 Å². The summed E-state index contributed by atoms with van der Waals surface area (Å²) in [7, 11) is 0. The van der Waals surface area contributed by atoms with Crippen molar-refractivity contribution in [2.45, 2.75) is 57.0 Å². The minimum absolute atomic E-state index is 0.00141. The van der Waals surface area contributed by atoms with Crippen LogP contribution < -0.4 is 5.32 Å². The molecule has 0 radical (unpaired) electrons. The van der Waals surface area contributed by atoms with Crippen molar-refractivity contribution in [1.82, 2.24) is 5.32 Å². The van der Waals surface area contributed by atoms with Gasteiger partial charge in [-0.1, -0.05) is 24.3 Å². The molecule has 0 saturated heterocycles. The second-order valence-corrected chi connectivity index (χ2v) is 6.13. The number of esters is 1. The molecule has 0 aromatic heterocycles. The lowest BCUT2D eigenvalue weighted by Gasteiger charge is -2.16. The summed E-state index contributed by atoms with van der Waals surface area (Å²) >= 11 is 0. The van der Waals surface area contributed by atoms with Gasteiger partial charge in [0.05, 0.1) is 13.0 Å². The topological polar surface area (TPSA) is 38.3 Å². The highest BCUT2D eigenvalue weighted by atomic mass is 16.5. The van der Waals surface area contributed by atoms with E-state index in [1.807, 2.05) is 6.92 Å². The fourth-order valence-electron chi connectivity index (χ4n) is 2.67. The zero-order valence-corrected chi connectivity index (χ0v) is 12.2. The van der Waals surface area contributed by atoms with Crippen LogP contribution in [0, 0.1) is 0 Å². The van der Waals surface area contributed by atoms with E-state index in [0.717, 1.165) is 25.3 Å². The Labute approximate surface area is 120 Å². The van der Waals surface area contributed by atoms with Crippen LogP contribution >= 0.6 is 0 Å². The Hall–Kier alpha value is -1.35. The first kappa shape index (κ1) is 13.6. The van der Waals surface area contributed by atoms with Crippen LogP contribution in [0.4, 0.5) is 0 Å². The zero-order valence-electron chi connectivity index (χ0n) is 12.2. The molecule has 0 aliphatic heterocycles. The Balaban J connectivity index is 1.49. The Morgan fingerprint density at radius 3 is 2.55 bits per heavy atom. The first-order valence-corrected chi connectivity index (χ1v) is 7.70. The summed E-state index contributed by atoms with van der Waals surface area (Å²) in [6, 6.07) is 8.92. The van der Waals surface area contributed by atoms with Gasteiger partial charge < -0.3 is 10.1 Å². The zero-order chi connectivity index (χ0) is 14.0. The van der Waals surface area contributed by atoms with Gasteiger partial charge in [0.1, 0.15) is 0 Å². The average molecular weight is 273 g/mol. The first-order chi connectivity index (χ1) is 9.71. The molecule has 3 rings (SSSR count). The molecular formula is C17H23NO2. The van der Waals surface area contributed by atoms with Crippen molar-refractivity contribution in [3.05, 3.63) is 35.4 Å². The van der Waals surface area contributed by atoms with Gasteiger partial charge in [0.2, 0.25) is 0 Å². The summed E-state index contributed by atoms with van der Waals surface area (Å²) in [5.41, 5.74) is 2.77. The Morgan fingerprint density at radius 2 is 2.00 bits per heavy atom. The summed E-state index contributed by atoms with van der Waals surface area (Å²) < 4.78 is 5.04. The maximum atomic E-state index is 11.6. The number of carbonyl (C=O) groups excluding carboxylic acids is 1. The van der Waals surface area contributed by atoms with Crippen LogP contribution in [-0.4, -0.2) is 18.1 Å². The van der Waals surface area contributed by atoms with Crippen LogP contribution in [0.1, 0.15) is 56.1 Å². The van der Waals surface area contributed by atoms with Gasteiger partial charge in [-0.2, -0.15) is 0 Å². The lowest BCUT2D eigenvalue weighted by molar-refractivity contribution is -0.143. The number of rotatable bonds is 7. The van der Waals surface area contributed by atoms with Crippen molar-refractivity contribution in [3.63, 3.8) is 0 Å². The van der Waals surface area contributed by atoms with Gasteiger partial charge in [0.25, 0.3) is 0 Å². The number of nitrogens with one attached hydrogen (secondary N) is 1. The van der Waals surface area contributed by atoms with Gasteiger partial charge in [-0.25, -0.2) is 0 Å². The molecule has 0 unspecified atom stereocenters. The number of hydrogen-bond acceptors (Lipinski definition) is 3. The first-order valence-electron chi connectivity index (χ1n) is 7.70. The SMILES string of the molecule is CCOC(=O)CC1(NCc2ccc(C3CC3)cc2)CC1. The molecule has 108 valence electrons. The number of hydrogen-bond donors (Lipinski definition) is 1. The molecule has 0 bridgehead atoms. The van der Waals surface area contributed by atoms with E-state index in [0.29, 0.717) is 13.0 Å². The third-order valence-corrected chi connectivity index (χ3v) is 4.34. The van der Waals surface area contributed by atoms with Gasteiger partial charge in [0, 0.05) is 12.1 Å². The van der Waals surface area contributed by atoms with Crippen molar-refractivity contribution >= 4 is 5.97 Å². The molecule has 20 heavy (non-hydrogen) atoms. The molecule has 2 saturated carbocycles. The number of ether oxygens (including phenoxy) is 1. The molecule has 2 fully saturated rings. The van der Waals surface area contributed by atoms with Crippen LogP contribution in [0.3, 0.4) is 0 Å². The number of benzene rings is 1. The fourth-order valence-corrected chi connectivity index (χ4v) is 2.67. The van der Waals surface area contributed by atoms with Gasteiger partial charge in [-0.15, -0.1) is 0 Å². The Bertz CT molecular complexity index is 472. The van der Waals surface area contributed by atoms with Gasteiger partial charge in [-0.3, -0.25) is 4.79 Å². The van der Waals surface area contributed by atoms with E-state index < -0.39 is 0 Å². The van der Waals surface area contributed by atoms with E-state index in [9.17, 15) is 4.79 Å². The third-order valence-electron chi connectivity index (χ3n) is 4.34. The summed E-state index contributed by atoms with van der Waals surface area (Å²) in [6.45, 7) is 3.16. The minimum atomic E-state index is -0.0819. The highest BCUT2D eigenvalue weighted by molar-refractivity contribution is 5.71. The van der Waals surface area contributed by atoms with Crippen molar-refractivity contribution in [1.29, 1.82) is 0 Å². The van der Waals surface area contributed by atoms with E-state index in [2.05, 4.69) is 29.6 Å². The molecule has 0 atom stereocenters. The predicted octanol–water partition coefficient (Wildman–Crippen LogP) is 3.14. The van der Waals surface area contributed by atoms with Crippen molar-refractivity contribution in [2.75, 3.05) is 6.61 Å². The van der Waals surface area contributed by atoms with Crippen LogP contribution in [0.2, 0.25) is 0 Å². The summed E-state index contributed by atoms with van der Waals surface area (Å²) in [5, 5.41) is 3.54. The monoisotopic (exact) mass is 273 g/mol. The molecule has 1 aromatic rings. The van der Waals surface area contributed by atoms with Gasteiger partial charge in [-0.05, 0) is 49.7 Å². The van der Waals surface area contributed by atoms with Crippen LogP contribution in [0.25, 0.3) is 0 Å². The smallest absolute Gasteiger partial charge is 0.307 e. The van der Waals surface area contributed by atoms with E-state index in [1.54, 1.807) is 0 Å². The molecule has 0 amide bonds. The number of carbonyl (C=O) groups is 1. The average Bonchev–Trinajstić information content (AvgIpc) is 3.33. The molecule has 0 heterocycles.